The van der Waals surface area contributed by atoms with E-state index in [1.54, 1.807) is 36.4 Å². The monoisotopic (exact) mass is 447 g/mol. The summed E-state index contributed by atoms with van der Waals surface area (Å²) in [6, 6.07) is 18.3. The van der Waals surface area contributed by atoms with E-state index in [-0.39, 0.29) is 4.90 Å². The predicted octanol–water partition coefficient (Wildman–Crippen LogP) is 4.97. The van der Waals surface area contributed by atoms with Crippen LogP contribution in [0.4, 0.5) is 11.5 Å². The van der Waals surface area contributed by atoms with Crippen LogP contribution in [-0.2, 0) is 21.2 Å². The molecule has 0 fully saturated rings. The van der Waals surface area contributed by atoms with Crippen LogP contribution in [0.5, 0.6) is 0 Å². The Morgan fingerprint density at radius 3 is 2.62 bits per heavy atom. The Kier molecular flexibility index (Phi) is 8.08. The molecule has 0 bridgehead atoms. The van der Waals surface area contributed by atoms with Gasteiger partial charge in [-0.2, -0.15) is 0 Å². The van der Waals surface area contributed by atoms with Crippen molar-refractivity contribution in [1.29, 1.82) is 0 Å². The Labute approximate surface area is 188 Å². The Hall–Kier alpha value is -3.55. The summed E-state index contributed by atoms with van der Waals surface area (Å²) in [6.45, 7) is 4.53. The van der Waals surface area contributed by atoms with E-state index in [0.717, 1.165) is 11.1 Å². The maximum absolute atomic E-state index is 11.8. The summed E-state index contributed by atoms with van der Waals surface area (Å²) < 4.78 is 29.5. The van der Waals surface area contributed by atoms with Gasteiger partial charge >= 0.3 is 0 Å². The van der Waals surface area contributed by atoms with Gasteiger partial charge in [0.25, 0.3) is 0 Å². The molecular formula is C25H25N3O3S. The highest BCUT2D eigenvalue weighted by Crippen LogP contribution is 2.21. The van der Waals surface area contributed by atoms with Crippen LogP contribution in [0.1, 0.15) is 11.3 Å². The van der Waals surface area contributed by atoms with Crippen molar-refractivity contribution in [2.45, 2.75) is 11.5 Å². The molecule has 164 valence electrons. The highest BCUT2D eigenvalue weighted by Gasteiger charge is 2.09. The molecule has 0 unspecified atom stereocenters. The molecule has 1 heterocycles. The van der Waals surface area contributed by atoms with Crippen molar-refractivity contribution >= 4 is 26.9 Å². The molecule has 0 atom stereocenters. The number of rotatable bonds is 10. The zero-order valence-electron chi connectivity index (χ0n) is 17.8. The van der Waals surface area contributed by atoms with Crippen LogP contribution in [0.3, 0.4) is 0 Å². The van der Waals surface area contributed by atoms with Gasteiger partial charge in [0.1, 0.15) is 12.1 Å². The molecule has 1 aromatic heterocycles. The average Bonchev–Trinajstić information content (AvgIpc) is 2.79. The molecule has 0 amide bonds. The van der Waals surface area contributed by atoms with Crippen molar-refractivity contribution in [2.75, 3.05) is 18.2 Å². The quantitative estimate of drug-likeness (QED) is 0.442. The topological polar surface area (TPSA) is 81.2 Å². The van der Waals surface area contributed by atoms with E-state index in [1.165, 1.54) is 12.6 Å². The molecule has 32 heavy (non-hydrogen) atoms. The van der Waals surface area contributed by atoms with Crippen molar-refractivity contribution < 1.29 is 13.2 Å². The fourth-order valence-corrected chi connectivity index (χ4v) is 3.53. The molecule has 3 rings (SSSR count). The largest absolute Gasteiger partial charge is 0.372 e. The van der Waals surface area contributed by atoms with Gasteiger partial charge in [0.05, 0.1) is 23.8 Å². The van der Waals surface area contributed by atoms with E-state index in [9.17, 15) is 8.42 Å². The number of sulfone groups is 1. The van der Waals surface area contributed by atoms with E-state index in [1.807, 2.05) is 48.6 Å². The molecule has 0 saturated carbocycles. The summed E-state index contributed by atoms with van der Waals surface area (Å²) in [7, 11) is -3.30. The van der Waals surface area contributed by atoms with Gasteiger partial charge < -0.3 is 10.1 Å². The van der Waals surface area contributed by atoms with Crippen molar-refractivity contribution in [3.63, 3.8) is 0 Å². The molecule has 6 nitrogen and oxygen atoms in total. The Bertz CT molecular complexity index is 1220. The van der Waals surface area contributed by atoms with E-state index < -0.39 is 9.84 Å². The van der Waals surface area contributed by atoms with Crippen LogP contribution in [0.25, 0.3) is 5.57 Å². The Balaban J connectivity index is 1.78. The molecule has 0 aliphatic carbocycles. The molecular weight excluding hydrogens is 422 g/mol. The molecule has 0 spiro atoms. The third-order valence-electron chi connectivity index (χ3n) is 4.44. The smallest absolute Gasteiger partial charge is 0.175 e. The summed E-state index contributed by atoms with van der Waals surface area (Å²) in [5, 5.41) is 3.14. The van der Waals surface area contributed by atoms with E-state index in [2.05, 4.69) is 21.9 Å². The van der Waals surface area contributed by atoms with Crippen LogP contribution in [0, 0.1) is 0 Å². The third kappa shape index (κ3) is 7.01. The van der Waals surface area contributed by atoms with Crippen molar-refractivity contribution in [3.05, 3.63) is 109 Å². The van der Waals surface area contributed by atoms with Gasteiger partial charge in [-0.25, -0.2) is 18.4 Å². The van der Waals surface area contributed by atoms with Crippen LogP contribution in [-0.4, -0.2) is 31.2 Å². The molecule has 0 aliphatic rings. The molecule has 0 radical (unpaired) electrons. The van der Waals surface area contributed by atoms with Crippen LogP contribution >= 0.6 is 0 Å². The number of allylic oxidation sites excluding steroid dienone is 4. The number of aromatic nitrogens is 2. The normalized spacial score (nSPS) is 12.1. The first kappa shape index (κ1) is 23.1. The zero-order valence-corrected chi connectivity index (χ0v) is 18.6. The lowest BCUT2D eigenvalue weighted by atomic mass is 10.1. The summed E-state index contributed by atoms with van der Waals surface area (Å²) in [5.41, 5.74) is 3.28. The van der Waals surface area contributed by atoms with Gasteiger partial charge in [-0.1, -0.05) is 67.3 Å². The van der Waals surface area contributed by atoms with Gasteiger partial charge in [-0.15, -0.1) is 0 Å². The van der Waals surface area contributed by atoms with Gasteiger partial charge in [-0.05, 0) is 23.8 Å². The minimum absolute atomic E-state index is 0.237. The van der Waals surface area contributed by atoms with Crippen molar-refractivity contribution in [2.24, 2.45) is 0 Å². The fourth-order valence-electron chi connectivity index (χ4n) is 2.86. The maximum Gasteiger partial charge on any atom is 0.175 e. The SMILES string of the molecule is C=C/C=C\C=C(/COCc1ccccc1)c1cc(Nc2cccc(S(C)(=O)=O)c2)ncn1. The third-order valence-corrected chi connectivity index (χ3v) is 5.55. The number of anilines is 2. The Morgan fingerprint density at radius 2 is 1.88 bits per heavy atom. The molecule has 7 heteroatoms. The number of benzene rings is 2. The standard InChI is InChI=1S/C25H25N3O3S/c1-3-4-6-12-21(18-31-17-20-10-7-5-8-11-20)24-16-25(27-19-26-24)28-22-13-9-14-23(15-22)32(2,29)30/h3-16,19H,1,17-18H2,2H3,(H,26,27,28)/b6-4-,21-12+. The summed E-state index contributed by atoms with van der Waals surface area (Å²) >= 11 is 0. The second-order valence-electron chi connectivity index (χ2n) is 7.00. The first-order valence-electron chi connectivity index (χ1n) is 9.95. The predicted molar refractivity (Wildman–Crippen MR) is 128 cm³/mol. The number of hydrogen-bond acceptors (Lipinski definition) is 6. The average molecular weight is 448 g/mol. The molecule has 1 N–H and O–H groups in total. The van der Waals surface area contributed by atoms with Gasteiger partial charge in [0, 0.05) is 23.6 Å². The van der Waals surface area contributed by atoms with Crippen molar-refractivity contribution in [1.82, 2.24) is 9.97 Å². The first-order valence-corrected chi connectivity index (χ1v) is 11.8. The summed E-state index contributed by atoms with van der Waals surface area (Å²) in [5.74, 6) is 0.544. The number of nitrogens with zero attached hydrogens (tertiary/aromatic N) is 2. The van der Waals surface area contributed by atoms with Crippen LogP contribution in [0.15, 0.2) is 103 Å². The maximum atomic E-state index is 11.8. The number of nitrogens with one attached hydrogen (secondary N) is 1. The highest BCUT2D eigenvalue weighted by atomic mass is 32.2. The van der Waals surface area contributed by atoms with Crippen LogP contribution < -0.4 is 5.32 Å². The molecule has 3 aromatic rings. The second kappa shape index (κ2) is 11.2. The van der Waals surface area contributed by atoms with E-state index in [4.69, 9.17) is 4.74 Å². The highest BCUT2D eigenvalue weighted by molar-refractivity contribution is 7.90. The van der Waals surface area contributed by atoms with Gasteiger partial charge in [0.15, 0.2) is 9.84 Å². The van der Waals surface area contributed by atoms with E-state index >= 15 is 0 Å². The summed E-state index contributed by atoms with van der Waals surface area (Å²) in [6.07, 6.45) is 9.95. The van der Waals surface area contributed by atoms with Gasteiger partial charge in [0.2, 0.25) is 0 Å². The van der Waals surface area contributed by atoms with Crippen molar-refractivity contribution in [3.8, 4) is 0 Å². The molecule has 0 aliphatic heterocycles. The lowest BCUT2D eigenvalue weighted by molar-refractivity contribution is 0.153. The lowest BCUT2D eigenvalue weighted by Crippen LogP contribution is -2.03. The minimum Gasteiger partial charge on any atom is -0.372 e. The number of ether oxygens (including phenoxy) is 1. The number of hydrogen-bond donors (Lipinski definition) is 1. The van der Waals surface area contributed by atoms with E-state index in [0.29, 0.717) is 30.4 Å². The fraction of sp³-hybridized carbons (Fsp3) is 0.120. The zero-order chi connectivity index (χ0) is 22.8. The van der Waals surface area contributed by atoms with Gasteiger partial charge in [-0.3, -0.25) is 0 Å². The first-order chi connectivity index (χ1) is 15.5. The lowest BCUT2D eigenvalue weighted by Gasteiger charge is -2.11. The van der Waals surface area contributed by atoms with Crippen LogP contribution in [0.2, 0.25) is 0 Å². The molecule has 2 aromatic carbocycles. The Morgan fingerprint density at radius 1 is 1.06 bits per heavy atom. The molecule has 0 saturated heterocycles. The second-order valence-corrected chi connectivity index (χ2v) is 9.02. The minimum atomic E-state index is -3.30. The summed E-state index contributed by atoms with van der Waals surface area (Å²) in [4.78, 5) is 8.88.